The van der Waals surface area contributed by atoms with Gasteiger partial charge in [0.2, 0.25) is 0 Å². The number of rotatable bonds is 5. The Morgan fingerprint density at radius 2 is 1.60 bits per heavy atom. The van der Waals surface area contributed by atoms with Crippen LogP contribution in [0.15, 0.2) is 48.5 Å². The second-order valence-corrected chi connectivity index (χ2v) is 4.12. The lowest BCUT2D eigenvalue weighted by molar-refractivity contribution is -0.136. The van der Waals surface area contributed by atoms with E-state index in [-0.39, 0.29) is 17.7 Å². The lowest BCUT2D eigenvalue weighted by Gasteiger charge is -2.08. The van der Waals surface area contributed by atoms with Crippen molar-refractivity contribution in [1.82, 2.24) is 0 Å². The number of benzene rings is 2. The van der Waals surface area contributed by atoms with Crippen LogP contribution in [0.25, 0.3) is 0 Å². The number of ether oxygens (including phenoxy) is 1. The molecule has 0 radical (unpaired) electrons. The zero-order valence-corrected chi connectivity index (χ0v) is 10.4. The molecule has 0 saturated carbocycles. The average Bonchev–Trinajstić information content (AvgIpc) is 2.41. The number of aromatic carboxylic acids is 1. The topological polar surface area (TPSA) is 83.8 Å². The summed E-state index contributed by atoms with van der Waals surface area (Å²) in [4.78, 5) is 21.6. The molecule has 0 saturated heterocycles. The Labute approximate surface area is 115 Å². The van der Waals surface area contributed by atoms with Crippen molar-refractivity contribution in [2.45, 2.75) is 6.42 Å². The van der Waals surface area contributed by atoms with E-state index < -0.39 is 11.9 Å². The molecule has 0 atom stereocenters. The zero-order chi connectivity index (χ0) is 14.5. The van der Waals surface area contributed by atoms with Gasteiger partial charge in [0, 0.05) is 0 Å². The summed E-state index contributed by atoms with van der Waals surface area (Å²) in [7, 11) is 0. The van der Waals surface area contributed by atoms with Gasteiger partial charge in [0.05, 0.1) is 6.42 Å². The number of aliphatic carboxylic acids is 1. The molecule has 0 fully saturated rings. The molecule has 0 bridgehead atoms. The van der Waals surface area contributed by atoms with Crippen molar-refractivity contribution in [3.63, 3.8) is 0 Å². The van der Waals surface area contributed by atoms with E-state index in [0.29, 0.717) is 11.3 Å². The minimum atomic E-state index is -1.07. The van der Waals surface area contributed by atoms with Crippen LogP contribution in [0.5, 0.6) is 11.5 Å². The van der Waals surface area contributed by atoms with Gasteiger partial charge in [-0.1, -0.05) is 24.3 Å². The normalized spacial score (nSPS) is 10.0. The molecule has 0 aliphatic heterocycles. The van der Waals surface area contributed by atoms with Gasteiger partial charge >= 0.3 is 11.9 Å². The molecule has 0 aromatic heterocycles. The molecule has 2 rings (SSSR count). The number of hydrogen-bond donors (Lipinski definition) is 2. The first-order valence-corrected chi connectivity index (χ1v) is 5.87. The van der Waals surface area contributed by atoms with Crippen molar-refractivity contribution in [3.05, 3.63) is 59.7 Å². The highest BCUT2D eigenvalue weighted by Crippen LogP contribution is 2.25. The summed E-state index contributed by atoms with van der Waals surface area (Å²) < 4.78 is 5.50. The van der Waals surface area contributed by atoms with Gasteiger partial charge in [-0.25, -0.2) is 4.79 Å². The number of hydrogen-bond acceptors (Lipinski definition) is 3. The molecule has 2 N–H and O–H groups in total. The Morgan fingerprint density at radius 1 is 0.950 bits per heavy atom. The molecule has 20 heavy (non-hydrogen) atoms. The van der Waals surface area contributed by atoms with Crippen molar-refractivity contribution in [2.24, 2.45) is 0 Å². The molecule has 0 aliphatic rings. The number of carboxylic acid groups (broad SMARTS) is 2. The smallest absolute Gasteiger partial charge is 0.339 e. The SMILES string of the molecule is O=C(O)Cc1ccc(Oc2ccccc2C(=O)O)cc1. The fraction of sp³-hybridized carbons (Fsp3) is 0.0667. The summed E-state index contributed by atoms with van der Waals surface area (Å²) in [5.41, 5.74) is 0.721. The molecular weight excluding hydrogens is 260 g/mol. The van der Waals surface area contributed by atoms with Crippen LogP contribution in [-0.4, -0.2) is 22.2 Å². The molecule has 102 valence electrons. The average molecular weight is 272 g/mol. The van der Waals surface area contributed by atoms with E-state index in [1.165, 1.54) is 6.07 Å². The second kappa shape index (κ2) is 5.88. The van der Waals surface area contributed by atoms with Crippen LogP contribution in [0.3, 0.4) is 0 Å². The molecule has 0 spiro atoms. The fourth-order valence-corrected chi connectivity index (χ4v) is 1.71. The van der Waals surface area contributed by atoms with E-state index in [1.54, 1.807) is 42.5 Å². The van der Waals surface area contributed by atoms with Crippen LogP contribution in [0.4, 0.5) is 0 Å². The van der Waals surface area contributed by atoms with Crippen LogP contribution < -0.4 is 4.74 Å². The summed E-state index contributed by atoms with van der Waals surface area (Å²) in [6.07, 6.45) is -0.0635. The van der Waals surface area contributed by atoms with E-state index in [9.17, 15) is 9.59 Å². The van der Waals surface area contributed by atoms with E-state index in [0.717, 1.165) is 0 Å². The molecule has 5 nitrogen and oxygen atoms in total. The standard InChI is InChI=1S/C15H12O5/c16-14(17)9-10-5-7-11(8-6-10)20-13-4-2-1-3-12(13)15(18)19/h1-8H,9H2,(H,16,17)(H,18,19). The minimum absolute atomic E-state index is 0.0635. The highest BCUT2D eigenvalue weighted by Gasteiger charge is 2.11. The maximum atomic E-state index is 11.0. The van der Waals surface area contributed by atoms with Gasteiger partial charge < -0.3 is 14.9 Å². The molecule has 0 heterocycles. The van der Waals surface area contributed by atoms with E-state index >= 15 is 0 Å². The summed E-state index contributed by atoms with van der Waals surface area (Å²) in [5, 5.41) is 17.7. The van der Waals surface area contributed by atoms with Crippen LogP contribution in [0, 0.1) is 0 Å². The van der Waals surface area contributed by atoms with E-state index in [4.69, 9.17) is 14.9 Å². The van der Waals surface area contributed by atoms with Gasteiger partial charge in [-0.3, -0.25) is 4.79 Å². The maximum Gasteiger partial charge on any atom is 0.339 e. The summed E-state index contributed by atoms with van der Waals surface area (Å²) in [6.45, 7) is 0. The molecule has 2 aromatic rings. The van der Waals surface area contributed by atoms with Crippen molar-refractivity contribution in [1.29, 1.82) is 0 Å². The first-order chi connectivity index (χ1) is 9.56. The van der Waals surface area contributed by atoms with Gasteiger partial charge in [0.15, 0.2) is 0 Å². The monoisotopic (exact) mass is 272 g/mol. The minimum Gasteiger partial charge on any atom is -0.481 e. The first-order valence-electron chi connectivity index (χ1n) is 5.87. The summed E-state index contributed by atoms with van der Waals surface area (Å²) in [6, 6.07) is 12.8. The van der Waals surface area contributed by atoms with Gasteiger partial charge in [-0.15, -0.1) is 0 Å². The van der Waals surface area contributed by atoms with Crippen molar-refractivity contribution in [2.75, 3.05) is 0 Å². The third-order valence-corrected chi connectivity index (χ3v) is 2.62. The number of carboxylic acids is 2. The molecule has 5 heteroatoms. The van der Waals surface area contributed by atoms with Crippen molar-refractivity contribution < 1.29 is 24.5 Å². The van der Waals surface area contributed by atoms with Crippen molar-refractivity contribution in [3.8, 4) is 11.5 Å². The van der Waals surface area contributed by atoms with Crippen LogP contribution in [0.1, 0.15) is 15.9 Å². The highest BCUT2D eigenvalue weighted by molar-refractivity contribution is 5.90. The van der Waals surface area contributed by atoms with Crippen LogP contribution in [0.2, 0.25) is 0 Å². The van der Waals surface area contributed by atoms with Gasteiger partial charge in [0.1, 0.15) is 17.1 Å². The van der Waals surface area contributed by atoms with Crippen LogP contribution >= 0.6 is 0 Å². The lowest BCUT2D eigenvalue weighted by atomic mass is 10.1. The predicted molar refractivity (Wildman–Crippen MR) is 71.3 cm³/mol. The summed E-state index contributed by atoms with van der Waals surface area (Å²) >= 11 is 0. The second-order valence-electron chi connectivity index (χ2n) is 4.12. The Kier molecular flexibility index (Phi) is 4.00. The predicted octanol–water partition coefficient (Wildman–Crippen LogP) is 2.80. The number of carbonyl (C=O) groups is 2. The quantitative estimate of drug-likeness (QED) is 0.874. The molecular formula is C15H12O5. The Hall–Kier alpha value is -2.82. The van der Waals surface area contributed by atoms with Gasteiger partial charge in [0.25, 0.3) is 0 Å². The first kappa shape index (κ1) is 13.6. The Bertz CT molecular complexity index is 631. The Morgan fingerprint density at radius 3 is 2.20 bits per heavy atom. The van der Waals surface area contributed by atoms with E-state index in [2.05, 4.69) is 0 Å². The molecule has 2 aromatic carbocycles. The van der Waals surface area contributed by atoms with E-state index in [1.807, 2.05) is 0 Å². The molecule has 0 aliphatic carbocycles. The number of para-hydroxylation sites is 1. The van der Waals surface area contributed by atoms with Crippen molar-refractivity contribution >= 4 is 11.9 Å². The third kappa shape index (κ3) is 3.35. The molecule has 0 unspecified atom stereocenters. The zero-order valence-electron chi connectivity index (χ0n) is 10.4. The largest absolute Gasteiger partial charge is 0.481 e. The maximum absolute atomic E-state index is 11.0. The summed E-state index contributed by atoms with van der Waals surface area (Å²) in [5.74, 6) is -1.28. The third-order valence-electron chi connectivity index (χ3n) is 2.62. The Balaban J connectivity index is 2.18. The fourth-order valence-electron chi connectivity index (χ4n) is 1.71. The van der Waals surface area contributed by atoms with Gasteiger partial charge in [-0.2, -0.15) is 0 Å². The lowest BCUT2D eigenvalue weighted by Crippen LogP contribution is -2.00. The van der Waals surface area contributed by atoms with Crippen LogP contribution in [-0.2, 0) is 11.2 Å². The van der Waals surface area contributed by atoms with Gasteiger partial charge in [-0.05, 0) is 29.8 Å². The highest BCUT2D eigenvalue weighted by atomic mass is 16.5. The molecule has 0 amide bonds.